The Bertz CT molecular complexity index is 219. The molecule has 0 amide bonds. The zero-order valence-electron chi connectivity index (χ0n) is 5.83. The fourth-order valence-electron chi connectivity index (χ4n) is 0.743. The fourth-order valence-corrected chi connectivity index (χ4v) is 0.743. The third-order valence-corrected chi connectivity index (χ3v) is 1.22. The highest BCUT2D eigenvalue weighted by Gasteiger charge is 1.78. The Balaban J connectivity index is 2.76. The predicted octanol–water partition coefficient (Wildman–Crippen LogP) is 2.89. The zero-order valence-corrected chi connectivity index (χ0v) is 5.83. The van der Waals surface area contributed by atoms with E-state index in [9.17, 15) is 0 Å². The second-order valence-corrected chi connectivity index (χ2v) is 2.01. The lowest BCUT2D eigenvalue weighted by Crippen LogP contribution is -1.65. The van der Waals surface area contributed by atoms with Gasteiger partial charge in [0.1, 0.15) is 0 Å². The summed E-state index contributed by atoms with van der Waals surface area (Å²) < 4.78 is 0. The molecule has 0 saturated carbocycles. The number of hydrogen-bond donors (Lipinski definition) is 0. The average Bonchev–Trinajstić information content (AvgIpc) is 2.03. The van der Waals surface area contributed by atoms with Crippen molar-refractivity contribution in [3.05, 3.63) is 54.6 Å². The summed E-state index contributed by atoms with van der Waals surface area (Å²) in [6, 6.07) is 10.1. The van der Waals surface area contributed by atoms with Crippen molar-refractivity contribution in [2.45, 2.75) is 0 Å². The van der Waals surface area contributed by atoms with Crippen LogP contribution in [0.3, 0.4) is 0 Å². The van der Waals surface area contributed by atoms with Crippen LogP contribution in [-0.2, 0) is 0 Å². The van der Waals surface area contributed by atoms with Gasteiger partial charge in [-0.1, -0.05) is 55.1 Å². The molecule has 1 aromatic rings. The molecule has 0 heterocycles. The molecular weight excluding hydrogens is 121 g/mol. The lowest BCUT2D eigenvalue weighted by atomic mass is 10.2. The highest BCUT2D eigenvalue weighted by atomic mass is 13.8. The van der Waals surface area contributed by atoms with Crippen LogP contribution in [0, 0.1) is 0 Å². The van der Waals surface area contributed by atoms with Crippen LogP contribution in [0.1, 0.15) is 5.56 Å². The van der Waals surface area contributed by atoms with E-state index in [-0.39, 0.29) is 0 Å². The van der Waals surface area contributed by atoms with Gasteiger partial charge in [-0.15, -0.1) is 0 Å². The molecule has 0 radical (unpaired) electrons. The molecule has 0 saturated heterocycles. The SMILES string of the molecule is [13CH2]=C/C=C/c1ccccc1. The van der Waals surface area contributed by atoms with E-state index < -0.39 is 0 Å². The summed E-state index contributed by atoms with van der Waals surface area (Å²) in [5.74, 6) is 0. The quantitative estimate of drug-likeness (QED) is 0.427. The van der Waals surface area contributed by atoms with Crippen molar-refractivity contribution in [2.24, 2.45) is 0 Å². The topological polar surface area (TPSA) is 0 Å². The van der Waals surface area contributed by atoms with Crippen molar-refractivity contribution in [3.8, 4) is 0 Å². The number of allylic oxidation sites excluding steroid dienone is 2. The van der Waals surface area contributed by atoms with E-state index in [2.05, 4.69) is 18.7 Å². The van der Waals surface area contributed by atoms with Gasteiger partial charge in [0.2, 0.25) is 0 Å². The lowest BCUT2D eigenvalue weighted by Gasteiger charge is -1.87. The van der Waals surface area contributed by atoms with E-state index in [1.54, 1.807) is 6.08 Å². The van der Waals surface area contributed by atoms with Gasteiger partial charge in [0.25, 0.3) is 0 Å². The van der Waals surface area contributed by atoms with Crippen molar-refractivity contribution in [3.63, 3.8) is 0 Å². The fraction of sp³-hybridized carbons (Fsp3) is 0. The third kappa shape index (κ3) is 1.90. The molecule has 1 aromatic carbocycles. The molecule has 0 nitrogen and oxygen atoms in total. The van der Waals surface area contributed by atoms with E-state index in [0.717, 1.165) is 0 Å². The minimum Gasteiger partial charge on any atom is -0.0991 e. The van der Waals surface area contributed by atoms with Gasteiger partial charge in [-0.25, -0.2) is 0 Å². The van der Waals surface area contributed by atoms with Crippen molar-refractivity contribution < 1.29 is 0 Å². The molecule has 0 spiro atoms. The second kappa shape index (κ2) is 3.67. The highest BCUT2D eigenvalue weighted by Crippen LogP contribution is 1.99. The minimum atomic E-state index is 1.21. The van der Waals surface area contributed by atoms with Crippen molar-refractivity contribution in [1.29, 1.82) is 0 Å². The van der Waals surface area contributed by atoms with Crippen molar-refractivity contribution >= 4 is 6.08 Å². The summed E-state index contributed by atoms with van der Waals surface area (Å²) in [5.41, 5.74) is 1.21. The smallest absolute Gasteiger partial charge is 0.0257 e. The monoisotopic (exact) mass is 131 g/mol. The van der Waals surface area contributed by atoms with Crippen LogP contribution >= 0.6 is 0 Å². The summed E-state index contributed by atoms with van der Waals surface area (Å²) in [4.78, 5) is 0. The van der Waals surface area contributed by atoms with Gasteiger partial charge in [0, 0.05) is 0 Å². The standard InChI is InChI=1S/C10H10/c1-2-3-7-10-8-5-4-6-9-10/h2-9H,1H2/b7-3+/i1+1. The van der Waals surface area contributed by atoms with Gasteiger partial charge in [-0.05, 0) is 5.56 Å². The van der Waals surface area contributed by atoms with Crippen LogP contribution < -0.4 is 0 Å². The Morgan fingerprint density at radius 2 is 1.80 bits per heavy atom. The van der Waals surface area contributed by atoms with Crippen LogP contribution in [0.2, 0.25) is 0 Å². The molecule has 0 unspecified atom stereocenters. The van der Waals surface area contributed by atoms with Crippen LogP contribution in [0.5, 0.6) is 0 Å². The summed E-state index contributed by atoms with van der Waals surface area (Å²) in [5, 5.41) is 0. The summed E-state index contributed by atoms with van der Waals surface area (Å²) in [6.07, 6.45) is 5.72. The number of rotatable bonds is 2. The first-order valence-corrected chi connectivity index (χ1v) is 3.27. The van der Waals surface area contributed by atoms with Gasteiger partial charge in [-0.3, -0.25) is 0 Å². The van der Waals surface area contributed by atoms with Crippen molar-refractivity contribution in [2.75, 3.05) is 0 Å². The van der Waals surface area contributed by atoms with E-state index in [0.29, 0.717) is 0 Å². The molecule has 10 heavy (non-hydrogen) atoms. The molecule has 0 aliphatic carbocycles. The van der Waals surface area contributed by atoms with Gasteiger partial charge >= 0.3 is 0 Å². The van der Waals surface area contributed by atoms with Gasteiger partial charge in [0.15, 0.2) is 0 Å². The maximum Gasteiger partial charge on any atom is -0.0257 e. The maximum absolute atomic E-state index is 3.59. The molecule has 0 aliphatic rings. The normalized spacial score (nSPS) is 10.0. The van der Waals surface area contributed by atoms with Crippen LogP contribution in [0.15, 0.2) is 49.1 Å². The highest BCUT2D eigenvalue weighted by molar-refractivity contribution is 5.50. The molecule has 0 aliphatic heterocycles. The Kier molecular flexibility index (Phi) is 2.50. The second-order valence-electron chi connectivity index (χ2n) is 2.01. The first kappa shape index (κ1) is 6.81. The van der Waals surface area contributed by atoms with Crippen LogP contribution in [-0.4, -0.2) is 0 Å². The van der Waals surface area contributed by atoms with Crippen molar-refractivity contribution in [1.82, 2.24) is 0 Å². The molecule has 0 bridgehead atoms. The van der Waals surface area contributed by atoms with Gasteiger partial charge in [-0.2, -0.15) is 0 Å². The molecule has 0 atom stereocenters. The number of benzene rings is 1. The van der Waals surface area contributed by atoms with Gasteiger partial charge in [0.05, 0.1) is 0 Å². The molecule has 1 rings (SSSR count). The summed E-state index contributed by atoms with van der Waals surface area (Å²) in [7, 11) is 0. The summed E-state index contributed by atoms with van der Waals surface area (Å²) in [6.45, 7) is 3.59. The molecular formula is C10H10. The Morgan fingerprint density at radius 3 is 2.40 bits per heavy atom. The Labute approximate surface area is 61.5 Å². The van der Waals surface area contributed by atoms with Crippen LogP contribution in [0.25, 0.3) is 6.08 Å². The van der Waals surface area contributed by atoms with E-state index >= 15 is 0 Å². The molecule has 0 fully saturated rings. The van der Waals surface area contributed by atoms with E-state index in [1.807, 2.05) is 30.4 Å². The molecule has 0 aromatic heterocycles. The van der Waals surface area contributed by atoms with Gasteiger partial charge < -0.3 is 0 Å². The predicted molar refractivity (Wildman–Crippen MR) is 45.7 cm³/mol. The minimum absolute atomic E-state index is 1.21. The molecule has 0 heteroatoms. The third-order valence-electron chi connectivity index (χ3n) is 1.22. The zero-order chi connectivity index (χ0) is 7.23. The first-order valence-electron chi connectivity index (χ1n) is 3.27. The Hall–Kier alpha value is -1.30. The Morgan fingerprint density at radius 1 is 1.10 bits per heavy atom. The first-order chi connectivity index (χ1) is 4.93. The summed E-state index contributed by atoms with van der Waals surface area (Å²) >= 11 is 0. The maximum atomic E-state index is 3.59. The molecule has 50 valence electrons. The average molecular weight is 131 g/mol. The lowest BCUT2D eigenvalue weighted by molar-refractivity contribution is 1.66. The van der Waals surface area contributed by atoms with E-state index in [1.165, 1.54) is 5.56 Å². The molecule has 0 N–H and O–H groups in total. The number of hydrogen-bond acceptors (Lipinski definition) is 0. The van der Waals surface area contributed by atoms with E-state index in [4.69, 9.17) is 0 Å². The largest absolute Gasteiger partial charge is 0.0991 e. The van der Waals surface area contributed by atoms with Crippen LogP contribution in [0.4, 0.5) is 0 Å².